The molecule has 3 heterocycles. The van der Waals surface area contributed by atoms with Crippen molar-refractivity contribution in [2.24, 2.45) is 11.7 Å². The summed E-state index contributed by atoms with van der Waals surface area (Å²) in [5.74, 6) is -3.78. The second-order valence-corrected chi connectivity index (χ2v) is 17.7. The molecule has 2 aromatic carbocycles. The lowest BCUT2D eigenvalue weighted by Crippen LogP contribution is -2.65. The van der Waals surface area contributed by atoms with Crippen LogP contribution in [0.25, 0.3) is 10.9 Å². The molecular weight excluding hydrogens is 775 g/mol. The van der Waals surface area contributed by atoms with E-state index < -0.39 is 83.3 Å². The van der Waals surface area contributed by atoms with E-state index in [1.54, 1.807) is 11.1 Å². The lowest BCUT2D eigenvalue weighted by molar-refractivity contribution is -0.136. The molecule has 0 saturated carbocycles. The number of H-pyrrole nitrogens is 1. The van der Waals surface area contributed by atoms with Crippen LogP contribution in [0.2, 0.25) is 0 Å². The van der Waals surface area contributed by atoms with Crippen LogP contribution in [-0.2, 0) is 35.2 Å². The van der Waals surface area contributed by atoms with Crippen molar-refractivity contribution < 1.29 is 33.6 Å². The Hall–Kier alpha value is -5.42. The van der Waals surface area contributed by atoms with Crippen molar-refractivity contribution in [1.82, 2.24) is 41.8 Å². The number of thioether (sulfide) groups is 1. The number of rotatable bonds is 11. The smallest absolute Gasteiger partial charge is 0.322 e. The second-order valence-electron chi connectivity index (χ2n) is 16.7. The van der Waals surface area contributed by atoms with Crippen LogP contribution >= 0.6 is 11.8 Å². The number of aromatic nitrogens is 1. The van der Waals surface area contributed by atoms with Gasteiger partial charge in [-0.05, 0) is 82.7 Å². The molecule has 3 aromatic rings. The lowest BCUT2D eigenvalue weighted by atomic mass is 10.00. The number of hydrogen-bond donors (Lipinski definition) is 8. The first kappa shape index (κ1) is 44.7. The molecule has 6 atom stereocenters. The molecule has 17 heteroatoms. The van der Waals surface area contributed by atoms with Crippen LogP contribution in [0.4, 0.5) is 4.79 Å². The summed E-state index contributed by atoms with van der Waals surface area (Å²) in [7, 11) is 0. The largest absolute Gasteiger partial charge is 0.370 e. The zero-order valence-corrected chi connectivity index (χ0v) is 35.1. The first-order valence-corrected chi connectivity index (χ1v) is 21.1. The van der Waals surface area contributed by atoms with E-state index in [9.17, 15) is 33.6 Å². The summed E-state index contributed by atoms with van der Waals surface area (Å²) >= 11 is 1.40. The number of carbonyl (C=O) groups excluding carboxylic acids is 7. The average Bonchev–Trinajstić information content (AvgIpc) is 3.81. The number of primary amides is 1. The molecule has 2 aliphatic heterocycles. The zero-order chi connectivity index (χ0) is 42.9. The van der Waals surface area contributed by atoms with Gasteiger partial charge in [-0.15, -0.1) is 11.8 Å². The van der Waals surface area contributed by atoms with Crippen LogP contribution in [0.3, 0.4) is 0 Å². The third-order valence-electron chi connectivity index (χ3n) is 10.2. The van der Waals surface area contributed by atoms with E-state index in [-0.39, 0.29) is 37.4 Å². The minimum absolute atomic E-state index is 0.0458. The van der Waals surface area contributed by atoms with Gasteiger partial charge >= 0.3 is 6.03 Å². The maximum atomic E-state index is 14.5. The van der Waals surface area contributed by atoms with Gasteiger partial charge < -0.3 is 37.3 Å². The summed E-state index contributed by atoms with van der Waals surface area (Å²) in [4.78, 5) is 103. The van der Waals surface area contributed by atoms with Crippen LogP contribution in [0.5, 0.6) is 0 Å². The quantitative estimate of drug-likeness (QED) is 0.132. The van der Waals surface area contributed by atoms with Gasteiger partial charge in [0.2, 0.25) is 29.5 Å². The molecule has 8 amide bonds. The Morgan fingerprint density at radius 1 is 0.864 bits per heavy atom. The third kappa shape index (κ3) is 12.5. The molecule has 9 N–H and O–H groups in total. The summed E-state index contributed by atoms with van der Waals surface area (Å²) in [6, 6.07) is 9.15. The fraction of sp³-hybridized carbons (Fsp3) is 0.500. The predicted octanol–water partition coefficient (Wildman–Crippen LogP) is 2.22. The molecule has 2 saturated heterocycles. The Labute approximate surface area is 348 Å². The fourth-order valence-corrected chi connectivity index (χ4v) is 8.52. The van der Waals surface area contributed by atoms with Crippen molar-refractivity contribution >= 4 is 64.1 Å². The molecule has 59 heavy (non-hydrogen) atoms. The predicted molar refractivity (Wildman–Crippen MR) is 225 cm³/mol. The fourth-order valence-electron chi connectivity index (χ4n) is 7.53. The maximum absolute atomic E-state index is 14.5. The van der Waals surface area contributed by atoms with Gasteiger partial charge in [-0.2, -0.15) is 0 Å². The number of urea groups is 1. The highest BCUT2D eigenvalue weighted by atomic mass is 32.2. The van der Waals surface area contributed by atoms with Gasteiger partial charge in [-0.25, -0.2) is 4.79 Å². The minimum Gasteiger partial charge on any atom is -0.370 e. The molecule has 16 nitrogen and oxygen atoms in total. The summed E-state index contributed by atoms with van der Waals surface area (Å²) in [6.45, 7) is 9.57. The van der Waals surface area contributed by atoms with Crippen molar-refractivity contribution in [3.63, 3.8) is 0 Å². The van der Waals surface area contributed by atoms with Crippen molar-refractivity contribution in [1.29, 1.82) is 0 Å². The molecule has 0 bridgehead atoms. The number of benzene rings is 2. The van der Waals surface area contributed by atoms with Gasteiger partial charge in [0, 0.05) is 46.1 Å². The summed E-state index contributed by atoms with van der Waals surface area (Å²) in [6.07, 6.45) is 2.30. The molecular formula is C42H57N9O7S. The highest BCUT2D eigenvalue weighted by Crippen LogP contribution is 2.27. The van der Waals surface area contributed by atoms with Crippen LogP contribution < -0.4 is 37.6 Å². The number of aromatic amines is 1. The van der Waals surface area contributed by atoms with E-state index in [2.05, 4.69) is 36.9 Å². The van der Waals surface area contributed by atoms with E-state index in [0.29, 0.717) is 24.9 Å². The van der Waals surface area contributed by atoms with Crippen molar-refractivity contribution in [2.45, 2.75) is 120 Å². The molecule has 2 fully saturated rings. The van der Waals surface area contributed by atoms with Gasteiger partial charge in [-0.3, -0.25) is 39.0 Å². The van der Waals surface area contributed by atoms with Gasteiger partial charge in [0.25, 0.3) is 5.91 Å². The number of nitrogens with two attached hydrogens (primary N) is 1. The van der Waals surface area contributed by atoms with Crippen LogP contribution in [0.1, 0.15) is 72.3 Å². The Bertz CT molecular complexity index is 2000. The van der Waals surface area contributed by atoms with Crippen LogP contribution in [-0.4, -0.2) is 105 Å². The highest BCUT2D eigenvalue weighted by Gasteiger charge is 2.45. The molecule has 0 spiro atoms. The van der Waals surface area contributed by atoms with Gasteiger partial charge in [-0.1, -0.05) is 50.2 Å². The van der Waals surface area contributed by atoms with E-state index in [1.165, 1.54) is 11.8 Å². The van der Waals surface area contributed by atoms with Crippen molar-refractivity contribution in [3.05, 3.63) is 66.4 Å². The number of hydrogen-bond acceptors (Lipinski definition) is 9. The SMILES string of the molecule is CC(C)C[C@H]1NC(=O)[C@H]2CCCN2[C@@H](C(=O)NC(C)(C)C)[C@@H](CSc2ccccc2)NC(=O)[C@H](CCC(N)=O)NC(=O)[C@H](Cc2c[nH]c3ccccc23)NC(=O)NC1=O. The number of para-hydroxylation sites is 1. The highest BCUT2D eigenvalue weighted by molar-refractivity contribution is 7.99. The number of fused-ring (bicyclic) bond motifs is 2. The molecule has 1 aromatic heterocycles. The summed E-state index contributed by atoms with van der Waals surface area (Å²) < 4.78 is 0. The normalized spacial score (nSPS) is 24.0. The van der Waals surface area contributed by atoms with E-state index >= 15 is 0 Å². The van der Waals surface area contributed by atoms with Gasteiger partial charge in [0.05, 0.1) is 12.1 Å². The second kappa shape index (κ2) is 20.0. The standard InChI is InChI=1S/C42H57N9O7S/c1-24(2)20-30-38(55)49-41(58)48-31(21-25-22-44-28-15-10-9-14-27(25)28)37(54)45-29(17-18-34(43)52)36(53)47-32(23-59-26-12-7-6-8-13-26)35(40(57)50-42(3,4)5)51-19-11-16-33(51)39(56)46-30/h6-10,12-15,22,24,29-33,35,44H,11,16-21,23H2,1-5H3,(H2,43,52)(H,45,54)(H,46,56)(H,47,53)(H,50,57)(H2,48,49,55,58)/t29-,30+,31-,32+,33+,35+/m0/s1. The third-order valence-corrected chi connectivity index (χ3v) is 11.3. The molecule has 5 rings (SSSR count). The Morgan fingerprint density at radius 3 is 2.24 bits per heavy atom. The average molecular weight is 832 g/mol. The first-order chi connectivity index (χ1) is 28.0. The van der Waals surface area contributed by atoms with Crippen molar-refractivity contribution in [2.75, 3.05) is 12.3 Å². The molecule has 318 valence electrons. The molecule has 0 aliphatic carbocycles. The van der Waals surface area contributed by atoms with E-state index in [0.717, 1.165) is 15.8 Å². The lowest BCUT2D eigenvalue weighted by Gasteiger charge is -2.39. The Morgan fingerprint density at radius 2 is 1.54 bits per heavy atom. The van der Waals surface area contributed by atoms with Gasteiger partial charge in [0.15, 0.2) is 0 Å². The number of nitrogens with zero attached hydrogens (tertiary/aromatic N) is 1. The zero-order valence-electron chi connectivity index (χ0n) is 34.3. The monoisotopic (exact) mass is 831 g/mol. The number of nitrogens with one attached hydrogen (secondary N) is 7. The van der Waals surface area contributed by atoms with Crippen LogP contribution in [0.15, 0.2) is 65.7 Å². The van der Waals surface area contributed by atoms with Gasteiger partial charge in [0.1, 0.15) is 24.2 Å². The summed E-state index contributed by atoms with van der Waals surface area (Å²) in [5.41, 5.74) is 6.31. The number of amides is 8. The molecule has 2 aliphatic rings. The Balaban J connectivity index is 1.60. The summed E-state index contributed by atoms with van der Waals surface area (Å²) in [5, 5.41) is 17.4. The Kier molecular flexibility index (Phi) is 15.2. The first-order valence-electron chi connectivity index (χ1n) is 20.1. The topological polar surface area (TPSA) is 237 Å². The van der Waals surface area contributed by atoms with E-state index in [1.807, 2.05) is 89.2 Å². The van der Waals surface area contributed by atoms with E-state index in [4.69, 9.17) is 5.73 Å². The maximum Gasteiger partial charge on any atom is 0.322 e. The van der Waals surface area contributed by atoms with Crippen LogP contribution in [0, 0.1) is 5.92 Å². The van der Waals surface area contributed by atoms with Crippen molar-refractivity contribution in [3.8, 4) is 0 Å². The minimum atomic E-state index is -1.34. The number of carbonyl (C=O) groups is 7. The number of imide groups is 1. The molecule has 0 unspecified atom stereocenters. The molecule has 0 radical (unpaired) electrons.